The molecule has 0 bridgehead atoms. The molecule has 1 aliphatic rings. The summed E-state index contributed by atoms with van der Waals surface area (Å²) < 4.78 is 54.1. The van der Waals surface area contributed by atoms with Gasteiger partial charge in [0.05, 0.1) is 16.0 Å². The predicted octanol–water partition coefficient (Wildman–Crippen LogP) is 1.35. The van der Waals surface area contributed by atoms with Gasteiger partial charge < -0.3 is 5.11 Å². The maximum Gasteiger partial charge on any atom is 0.340 e. The summed E-state index contributed by atoms with van der Waals surface area (Å²) in [4.78, 5) is 33.7. The SMILES string of the molecule is O=C1NC(=O)c2cc(S(=O)(=O)Nc3c(F)ccc(F)c3C(=O)O)ccc21. The first-order valence-electron chi connectivity index (χ1n) is 6.85. The second kappa shape index (κ2) is 5.88. The Morgan fingerprint density at radius 3 is 2.27 bits per heavy atom. The number of hydrogen-bond acceptors (Lipinski definition) is 5. The number of anilines is 1. The van der Waals surface area contributed by atoms with Crippen LogP contribution in [-0.2, 0) is 10.0 Å². The Bertz CT molecular complexity index is 1100. The van der Waals surface area contributed by atoms with Gasteiger partial charge >= 0.3 is 5.97 Å². The molecule has 8 nitrogen and oxygen atoms in total. The molecular formula is C15H8F2N2O6S. The number of fused-ring (bicyclic) bond motifs is 1. The smallest absolute Gasteiger partial charge is 0.340 e. The minimum Gasteiger partial charge on any atom is -0.478 e. The fourth-order valence-corrected chi connectivity index (χ4v) is 3.47. The van der Waals surface area contributed by atoms with Crippen LogP contribution in [0.25, 0.3) is 0 Å². The molecule has 0 saturated carbocycles. The standard InChI is InChI=1S/C15H8F2N2O6S/c16-9-3-4-10(17)12(11(9)15(22)23)19-26(24,25)6-1-2-7-8(5-6)14(21)18-13(7)20/h1-5,19H,(H,22,23)(H,18,20,21). The highest BCUT2D eigenvalue weighted by Crippen LogP contribution is 2.27. The molecule has 0 spiro atoms. The molecule has 3 rings (SSSR count). The van der Waals surface area contributed by atoms with E-state index >= 15 is 0 Å². The average molecular weight is 382 g/mol. The number of carbonyl (C=O) groups is 3. The van der Waals surface area contributed by atoms with Crippen molar-refractivity contribution in [3.63, 3.8) is 0 Å². The second-order valence-electron chi connectivity index (χ2n) is 5.18. The van der Waals surface area contributed by atoms with Crippen LogP contribution in [0.5, 0.6) is 0 Å². The molecule has 2 amide bonds. The number of hydrogen-bond donors (Lipinski definition) is 3. The van der Waals surface area contributed by atoms with Crippen LogP contribution in [0.4, 0.5) is 14.5 Å². The van der Waals surface area contributed by atoms with Gasteiger partial charge in [-0.15, -0.1) is 0 Å². The van der Waals surface area contributed by atoms with Crippen molar-refractivity contribution in [3.8, 4) is 0 Å². The Balaban J connectivity index is 2.09. The Morgan fingerprint density at radius 1 is 1.00 bits per heavy atom. The van der Waals surface area contributed by atoms with E-state index in [9.17, 15) is 31.6 Å². The van der Waals surface area contributed by atoms with E-state index in [1.54, 1.807) is 4.72 Å². The molecule has 134 valence electrons. The molecule has 1 aliphatic heterocycles. The highest BCUT2D eigenvalue weighted by molar-refractivity contribution is 7.92. The van der Waals surface area contributed by atoms with Gasteiger partial charge in [0.15, 0.2) is 0 Å². The zero-order chi connectivity index (χ0) is 19.2. The van der Waals surface area contributed by atoms with E-state index in [4.69, 9.17) is 5.11 Å². The number of carboxylic acids is 1. The van der Waals surface area contributed by atoms with Crippen LogP contribution < -0.4 is 10.0 Å². The summed E-state index contributed by atoms with van der Waals surface area (Å²) in [5, 5.41) is 11.0. The van der Waals surface area contributed by atoms with Gasteiger partial charge in [0.2, 0.25) is 0 Å². The van der Waals surface area contributed by atoms with Gasteiger partial charge in [0.25, 0.3) is 21.8 Å². The van der Waals surface area contributed by atoms with Crippen molar-refractivity contribution in [2.75, 3.05) is 4.72 Å². The third-order valence-electron chi connectivity index (χ3n) is 3.57. The molecular weight excluding hydrogens is 374 g/mol. The zero-order valence-corrected chi connectivity index (χ0v) is 13.4. The Morgan fingerprint density at radius 2 is 1.62 bits per heavy atom. The Labute approximate surface area is 144 Å². The number of benzene rings is 2. The first-order chi connectivity index (χ1) is 12.1. The van der Waals surface area contributed by atoms with Crippen LogP contribution in [0.2, 0.25) is 0 Å². The first kappa shape index (κ1) is 17.5. The van der Waals surface area contributed by atoms with E-state index in [2.05, 4.69) is 0 Å². The lowest BCUT2D eigenvalue weighted by molar-refractivity contribution is 0.0691. The second-order valence-corrected chi connectivity index (χ2v) is 6.86. The lowest BCUT2D eigenvalue weighted by atomic mass is 10.1. The zero-order valence-electron chi connectivity index (χ0n) is 12.5. The molecule has 1 heterocycles. The average Bonchev–Trinajstić information content (AvgIpc) is 2.84. The normalized spacial score (nSPS) is 13.3. The molecule has 0 aliphatic carbocycles. The number of carbonyl (C=O) groups excluding carboxylic acids is 2. The topological polar surface area (TPSA) is 130 Å². The van der Waals surface area contributed by atoms with E-state index < -0.39 is 55.6 Å². The molecule has 0 aromatic heterocycles. The van der Waals surface area contributed by atoms with E-state index in [-0.39, 0.29) is 11.1 Å². The van der Waals surface area contributed by atoms with Gasteiger partial charge in [-0.2, -0.15) is 0 Å². The molecule has 0 atom stereocenters. The molecule has 0 radical (unpaired) electrons. The van der Waals surface area contributed by atoms with Crippen LogP contribution in [0.15, 0.2) is 35.2 Å². The van der Waals surface area contributed by atoms with Crippen LogP contribution in [0.1, 0.15) is 31.1 Å². The highest BCUT2D eigenvalue weighted by atomic mass is 32.2. The summed E-state index contributed by atoms with van der Waals surface area (Å²) in [6.07, 6.45) is 0. The number of aromatic carboxylic acids is 1. The van der Waals surface area contributed by atoms with Gasteiger partial charge in [-0.3, -0.25) is 19.6 Å². The van der Waals surface area contributed by atoms with Crippen LogP contribution >= 0.6 is 0 Å². The number of carboxylic acid groups (broad SMARTS) is 1. The van der Waals surface area contributed by atoms with Crippen molar-refractivity contribution in [2.24, 2.45) is 0 Å². The number of sulfonamides is 1. The van der Waals surface area contributed by atoms with Gasteiger partial charge in [0.1, 0.15) is 22.9 Å². The summed E-state index contributed by atoms with van der Waals surface area (Å²) in [5.74, 6) is -6.04. The number of nitrogens with one attached hydrogen (secondary N) is 2. The van der Waals surface area contributed by atoms with E-state index in [0.29, 0.717) is 12.1 Å². The lowest BCUT2D eigenvalue weighted by Gasteiger charge is -2.12. The maximum atomic E-state index is 13.9. The highest BCUT2D eigenvalue weighted by Gasteiger charge is 2.30. The summed E-state index contributed by atoms with van der Waals surface area (Å²) in [6.45, 7) is 0. The number of amides is 2. The predicted molar refractivity (Wildman–Crippen MR) is 82.4 cm³/mol. The number of halogens is 2. The van der Waals surface area contributed by atoms with Gasteiger partial charge in [-0.25, -0.2) is 22.0 Å². The molecule has 0 unspecified atom stereocenters. The van der Waals surface area contributed by atoms with Crippen molar-refractivity contribution in [2.45, 2.75) is 4.90 Å². The molecule has 11 heteroatoms. The summed E-state index contributed by atoms with van der Waals surface area (Å²) in [5.41, 5.74) is -2.53. The minimum absolute atomic E-state index is 0.0443. The summed E-state index contributed by atoms with van der Waals surface area (Å²) in [7, 11) is -4.58. The third-order valence-corrected chi connectivity index (χ3v) is 4.92. The fraction of sp³-hybridized carbons (Fsp3) is 0. The van der Waals surface area contributed by atoms with Gasteiger partial charge in [0, 0.05) is 0 Å². The van der Waals surface area contributed by atoms with Crippen molar-refractivity contribution in [1.82, 2.24) is 5.32 Å². The van der Waals surface area contributed by atoms with Crippen LogP contribution in [0, 0.1) is 11.6 Å². The monoisotopic (exact) mass is 382 g/mol. The molecule has 2 aromatic rings. The fourth-order valence-electron chi connectivity index (χ4n) is 2.37. The Kier molecular flexibility index (Phi) is 3.95. The third kappa shape index (κ3) is 2.77. The molecule has 2 aromatic carbocycles. The van der Waals surface area contributed by atoms with Crippen LogP contribution in [-0.4, -0.2) is 31.3 Å². The van der Waals surface area contributed by atoms with Crippen molar-refractivity contribution < 1.29 is 36.7 Å². The largest absolute Gasteiger partial charge is 0.478 e. The maximum absolute atomic E-state index is 13.9. The first-order valence-corrected chi connectivity index (χ1v) is 8.34. The van der Waals surface area contributed by atoms with Crippen molar-refractivity contribution in [1.29, 1.82) is 0 Å². The quantitative estimate of drug-likeness (QED) is 0.685. The van der Waals surface area contributed by atoms with E-state index in [1.165, 1.54) is 0 Å². The molecule has 0 fully saturated rings. The summed E-state index contributed by atoms with van der Waals surface area (Å²) >= 11 is 0. The Hall–Kier alpha value is -3.34. The van der Waals surface area contributed by atoms with E-state index in [1.807, 2.05) is 5.32 Å². The lowest BCUT2D eigenvalue weighted by Crippen LogP contribution is -2.20. The van der Waals surface area contributed by atoms with Crippen molar-refractivity contribution >= 4 is 33.5 Å². The molecule has 26 heavy (non-hydrogen) atoms. The number of rotatable bonds is 4. The summed E-state index contributed by atoms with van der Waals surface area (Å²) in [6, 6.07) is 4.02. The van der Waals surface area contributed by atoms with Gasteiger partial charge in [-0.05, 0) is 30.3 Å². The molecule has 0 saturated heterocycles. The minimum atomic E-state index is -4.58. The van der Waals surface area contributed by atoms with Crippen LogP contribution in [0.3, 0.4) is 0 Å². The van der Waals surface area contributed by atoms with Crippen molar-refractivity contribution in [3.05, 3.63) is 58.7 Å². The van der Waals surface area contributed by atoms with Gasteiger partial charge in [-0.1, -0.05) is 0 Å². The number of imide groups is 1. The molecule has 3 N–H and O–H groups in total. The van der Waals surface area contributed by atoms with E-state index in [0.717, 1.165) is 18.2 Å².